The number of carbonyl (C=O) groups excluding carboxylic acids is 1. The topological polar surface area (TPSA) is 17.1 Å². The van der Waals surface area contributed by atoms with Crippen molar-refractivity contribution in [3.63, 3.8) is 0 Å². The lowest BCUT2D eigenvalue weighted by Gasteiger charge is -2.40. The number of rotatable bonds is 3. The zero-order valence-electron chi connectivity index (χ0n) is 16.0. The van der Waals surface area contributed by atoms with Crippen molar-refractivity contribution >= 4 is 11.4 Å². The Morgan fingerprint density at radius 1 is 0.586 bits per heavy atom. The third kappa shape index (κ3) is 2.83. The molecule has 0 saturated heterocycles. The van der Waals surface area contributed by atoms with E-state index in [2.05, 4.69) is 97.1 Å². The minimum Gasteiger partial charge on any atom is -0.290 e. The molecule has 0 bridgehead atoms. The molecule has 0 unspecified atom stereocenters. The number of hydrogen-bond donors (Lipinski definition) is 0. The van der Waals surface area contributed by atoms with Gasteiger partial charge in [-0.1, -0.05) is 109 Å². The van der Waals surface area contributed by atoms with Crippen molar-refractivity contribution in [3.8, 4) is 0 Å². The summed E-state index contributed by atoms with van der Waals surface area (Å²) in [5.74, 6) is 0.0349. The molecule has 0 aliphatic heterocycles. The summed E-state index contributed by atoms with van der Waals surface area (Å²) in [4.78, 5) is 12.0. The van der Waals surface area contributed by atoms with Gasteiger partial charge in [-0.25, -0.2) is 0 Å². The molecule has 0 saturated carbocycles. The van der Waals surface area contributed by atoms with E-state index in [1.807, 2.05) is 12.1 Å². The van der Waals surface area contributed by atoms with Gasteiger partial charge in [0.25, 0.3) is 0 Å². The van der Waals surface area contributed by atoms with Gasteiger partial charge in [0.2, 0.25) is 0 Å². The fourth-order valence-electron chi connectivity index (χ4n) is 4.45. The lowest BCUT2D eigenvalue weighted by atomic mass is 9.62. The van der Waals surface area contributed by atoms with Crippen LogP contribution in [0, 0.1) is 0 Å². The number of benzene rings is 3. The second-order valence-corrected chi connectivity index (χ2v) is 7.36. The highest BCUT2D eigenvalue weighted by atomic mass is 16.1. The summed E-state index contributed by atoms with van der Waals surface area (Å²) >= 11 is 0. The monoisotopic (exact) mass is 372 g/mol. The lowest BCUT2D eigenvalue weighted by Crippen LogP contribution is -2.31. The fourth-order valence-corrected chi connectivity index (χ4v) is 4.45. The van der Waals surface area contributed by atoms with Crippen LogP contribution in [-0.4, -0.2) is 5.78 Å². The minimum absolute atomic E-state index is 0.0349. The quantitative estimate of drug-likeness (QED) is 0.546. The van der Waals surface area contributed by atoms with Crippen LogP contribution in [0.4, 0.5) is 0 Å². The van der Waals surface area contributed by atoms with Gasteiger partial charge in [0, 0.05) is 0 Å². The largest absolute Gasteiger partial charge is 0.290 e. The van der Waals surface area contributed by atoms with Crippen LogP contribution >= 0.6 is 0 Å². The first-order chi connectivity index (χ1) is 14.3. The van der Waals surface area contributed by atoms with Crippen LogP contribution in [0.1, 0.15) is 16.7 Å². The Morgan fingerprint density at radius 3 is 1.72 bits per heavy atom. The molecule has 2 aliphatic rings. The van der Waals surface area contributed by atoms with E-state index in [9.17, 15) is 4.79 Å². The molecule has 0 aromatic heterocycles. The highest BCUT2D eigenvalue weighted by molar-refractivity contribution is 6.05. The standard InChI is InChI=1S/C28H20O/c29-25-16-17-26-22(20-25)18-19-28(23-12-6-2-7-13-23,24-14-8-3-9-15-24)27(26)21-10-4-1-5-11-21/h1-20H. The smallest absolute Gasteiger partial charge is 0.179 e. The van der Waals surface area contributed by atoms with Gasteiger partial charge in [-0.15, -0.1) is 0 Å². The molecule has 2 aliphatic carbocycles. The molecule has 0 atom stereocenters. The fraction of sp³-hybridized carbons (Fsp3) is 0.0357. The summed E-state index contributed by atoms with van der Waals surface area (Å²) in [7, 11) is 0. The molecule has 5 rings (SSSR count). The van der Waals surface area contributed by atoms with Crippen molar-refractivity contribution in [2.45, 2.75) is 5.41 Å². The Bertz CT molecular complexity index is 1140. The third-order valence-electron chi connectivity index (χ3n) is 5.72. The van der Waals surface area contributed by atoms with Crippen molar-refractivity contribution in [2.75, 3.05) is 0 Å². The highest BCUT2D eigenvalue weighted by Crippen LogP contribution is 2.51. The average Bonchev–Trinajstić information content (AvgIpc) is 2.80. The molecule has 3 aromatic rings. The minimum atomic E-state index is -0.443. The predicted molar refractivity (Wildman–Crippen MR) is 118 cm³/mol. The number of allylic oxidation sites excluding steroid dienone is 8. The molecule has 3 aromatic carbocycles. The SMILES string of the molecule is O=C1C=CC2=C(c3ccccc3)C(c3ccccc3)(c3ccccc3)C=CC2=C1. The number of carbonyl (C=O) groups is 1. The maximum atomic E-state index is 12.0. The highest BCUT2D eigenvalue weighted by Gasteiger charge is 2.40. The second-order valence-electron chi connectivity index (χ2n) is 7.36. The molecule has 0 N–H and O–H groups in total. The Labute approximate surface area is 171 Å². The molecule has 0 spiro atoms. The summed E-state index contributed by atoms with van der Waals surface area (Å²) in [6.45, 7) is 0. The summed E-state index contributed by atoms with van der Waals surface area (Å²) < 4.78 is 0. The normalized spacial score (nSPS) is 17.1. The van der Waals surface area contributed by atoms with Crippen molar-refractivity contribution in [2.24, 2.45) is 0 Å². The van der Waals surface area contributed by atoms with Crippen molar-refractivity contribution in [1.29, 1.82) is 0 Å². The maximum Gasteiger partial charge on any atom is 0.179 e. The van der Waals surface area contributed by atoms with Gasteiger partial charge < -0.3 is 0 Å². The molecular weight excluding hydrogens is 352 g/mol. The van der Waals surface area contributed by atoms with Gasteiger partial charge in [0.1, 0.15) is 0 Å². The summed E-state index contributed by atoms with van der Waals surface area (Å²) in [6.07, 6.45) is 9.73. The average molecular weight is 372 g/mol. The van der Waals surface area contributed by atoms with Gasteiger partial charge in [0.15, 0.2) is 5.78 Å². The van der Waals surface area contributed by atoms with Crippen molar-refractivity contribution in [3.05, 3.63) is 149 Å². The molecule has 1 heteroatoms. The van der Waals surface area contributed by atoms with Gasteiger partial charge >= 0.3 is 0 Å². The van der Waals surface area contributed by atoms with Gasteiger partial charge in [-0.2, -0.15) is 0 Å². The van der Waals surface area contributed by atoms with Crippen LogP contribution in [0.2, 0.25) is 0 Å². The van der Waals surface area contributed by atoms with Crippen LogP contribution < -0.4 is 0 Å². The first kappa shape index (κ1) is 17.4. The first-order valence-electron chi connectivity index (χ1n) is 9.83. The van der Waals surface area contributed by atoms with E-state index < -0.39 is 5.41 Å². The van der Waals surface area contributed by atoms with Crippen LogP contribution in [0.25, 0.3) is 5.57 Å². The first-order valence-corrected chi connectivity index (χ1v) is 9.83. The van der Waals surface area contributed by atoms with E-state index in [1.165, 1.54) is 16.7 Å². The Morgan fingerprint density at radius 2 is 1.14 bits per heavy atom. The third-order valence-corrected chi connectivity index (χ3v) is 5.72. The maximum absolute atomic E-state index is 12.0. The summed E-state index contributed by atoms with van der Waals surface area (Å²) in [6, 6.07) is 31.7. The van der Waals surface area contributed by atoms with Gasteiger partial charge in [-0.3, -0.25) is 4.79 Å². The van der Waals surface area contributed by atoms with E-state index in [0.717, 1.165) is 16.7 Å². The number of fused-ring (bicyclic) bond motifs is 1. The van der Waals surface area contributed by atoms with Crippen LogP contribution in [-0.2, 0) is 10.2 Å². The van der Waals surface area contributed by atoms with E-state index in [4.69, 9.17) is 0 Å². The molecule has 0 radical (unpaired) electrons. The zero-order chi connectivity index (χ0) is 19.7. The second kappa shape index (κ2) is 7.03. The van der Waals surface area contributed by atoms with E-state index in [0.29, 0.717) is 0 Å². The van der Waals surface area contributed by atoms with E-state index >= 15 is 0 Å². The Balaban J connectivity index is 1.91. The summed E-state index contributed by atoms with van der Waals surface area (Å²) in [5.41, 5.74) is 6.40. The van der Waals surface area contributed by atoms with Gasteiger partial charge in [0.05, 0.1) is 5.41 Å². The molecule has 1 nitrogen and oxygen atoms in total. The molecule has 0 heterocycles. The molecule has 0 amide bonds. The van der Waals surface area contributed by atoms with Crippen LogP contribution in [0.15, 0.2) is 133 Å². The number of ketones is 1. The predicted octanol–water partition coefficient (Wildman–Crippen LogP) is 6.06. The zero-order valence-corrected chi connectivity index (χ0v) is 16.0. The molecule has 29 heavy (non-hydrogen) atoms. The summed E-state index contributed by atoms with van der Waals surface area (Å²) in [5, 5.41) is 0. The molecule has 138 valence electrons. The van der Waals surface area contributed by atoms with E-state index in [-0.39, 0.29) is 5.78 Å². The Hall–Kier alpha value is -3.71. The molecule has 0 fully saturated rings. The lowest BCUT2D eigenvalue weighted by molar-refractivity contribution is -0.110. The number of hydrogen-bond acceptors (Lipinski definition) is 1. The van der Waals surface area contributed by atoms with Crippen LogP contribution in [0.3, 0.4) is 0 Å². The van der Waals surface area contributed by atoms with Gasteiger partial charge in [-0.05, 0) is 45.6 Å². The van der Waals surface area contributed by atoms with Crippen molar-refractivity contribution in [1.82, 2.24) is 0 Å². The van der Waals surface area contributed by atoms with Crippen molar-refractivity contribution < 1.29 is 4.79 Å². The Kier molecular flexibility index (Phi) is 4.22. The van der Waals surface area contributed by atoms with Crippen LogP contribution in [0.5, 0.6) is 0 Å². The van der Waals surface area contributed by atoms with E-state index in [1.54, 1.807) is 12.2 Å². The molecular formula is C28H20O.